The minimum absolute atomic E-state index is 0.00837. The molecule has 0 fully saturated rings. The molecule has 1 N–H and O–H groups in total. The van der Waals surface area contributed by atoms with Crippen LogP contribution in [-0.4, -0.2) is 21.8 Å². The second-order valence-electron chi connectivity index (χ2n) is 6.43. The average molecular weight is 382 g/mol. The Hall–Kier alpha value is -2.92. The summed E-state index contributed by atoms with van der Waals surface area (Å²) in [4.78, 5) is 31.1. The maximum atomic E-state index is 13.5. The van der Waals surface area contributed by atoms with E-state index in [-0.39, 0.29) is 17.5 Å². The molecule has 1 amide bonds. The Labute approximate surface area is 159 Å². The highest BCUT2D eigenvalue weighted by molar-refractivity contribution is 8.17. The van der Waals surface area contributed by atoms with Crippen LogP contribution in [0.1, 0.15) is 37.8 Å². The van der Waals surface area contributed by atoms with Crippen molar-refractivity contribution in [2.75, 3.05) is 0 Å². The molecule has 4 rings (SSSR count). The standard InChI is InChI=1S/C19H15FN4O2S/c1-10(25)22-18-15(9-21)27-19-23-13-3-2-4-14(26)16(13)17(24(18)19)11-5-7-12(20)8-6-11/h5-8,17H,2-4H2,1H3,(H,22,25). The lowest BCUT2D eigenvalue weighted by Crippen LogP contribution is -2.41. The molecule has 0 saturated carbocycles. The number of rotatable bonds is 2. The highest BCUT2D eigenvalue weighted by Crippen LogP contribution is 2.48. The van der Waals surface area contributed by atoms with Gasteiger partial charge in [0.2, 0.25) is 5.91 Å². The van der Waals surface area contributed by atoms with E-state index in [1.54, 1.807) is 17.0 Å². The van der Waals surface area contributed by atoms with Gasteiger partial charge in [0, 0.05) is 18.9 Å². The molecule has 1 atom stereocenters. The number of Topliss-reactive ketones (excluding diaryl/α,β-unsaturated/α-hetero) is 1. The molecule has 2 heterocycles. The third-order valence-corrected chi connectivity index (χ3v) is 5.59. The van der Waals surface area contributed by atoms with E-state index in [1.807, 2.05) is 0 Å². The Bertz CT molecular complexity index is 988. The fourth-order valence-corrected chi connectivity index (χ4v) is 4.47. The number of halogens is 1. The summed E-state index contributed by atoms with van der Waals surface area (Å²) < 4.78 is 13.5. The monoisotopic (exact) mass is 382 g/mol. The summed E-state index contributed by atoms with van der Waals surface area (Å²) in [6.45, 7) is 1.36. The van der Waals surface area contributed by atoms with E-state index in [4.69, 9.17) is 0 Å². The lowest BCUT2D eigenvalue weighted by atomic mass is 9.85. The van der Waals surface area contributed by atoms with Gasteiger partial charge >= 0.3 is 0 Å². The molecule has 0 radical (unpaired) electrons. The van der Waals surface area contributed by atoms with Crippen LogP contribution < -0.4 is 5.32 Å². The number of hydrogen-bond donors (Lipinski definition) is 1. The fourth-order valence-electron chi connectivity index (χ4n) is 3.55. The van der Waals surface area contributed by atoms with Gasteiger partial charge in [-0.25, -0.2) is 9.38 Å². The van der Waals surface area contributed by atoms with E-state index in [0.717, 1.165) is 18.2 Å². The number of amides is 1. The Balaban J connectivity index is 1.91. The molecule has 0 saturated heterocycles. The Morgan fingerprint density at radius 3 is 2.78 bits per heavy atom. The molecule has 3 aliphatic rings. The Morgan fingerprint density at radius 1 is 1.37 bits per heavy atom. The number of thioether (sulfide) groups is 1. The van der Waals surface area contributed by atoms with Crippen LogP contribution in [0.25, 0.3) is 0 Å². The first-order chi connectivity index (χ1) is 13.0. The van der Waals surface area contributed by atoms with Crippen LogP contribution in [0.2, 0.25) is 0 Å². The number of nitrogens with zero attached hydrogens (tertiary/aromatic N) is 3. The van der Waals surface area contributed by atoms with Gasteiger partial charge in [-0.15, -0.1) is 0 Å². The molecule has 1 aromatic rings. The molecular formula is C19H15FN4O2S. The summed E-state index contributed by atoms with van der Waals surface area (Å²) in [5.74, 6) is -0.398. The maximum Gasteiger partial charge on any atom is 0.222 e. The predicted molar refractivity (Wildman–Crippen MR) is 98.3 cm³/mol. The van der Waals surface area contributed by atoms with Crippen LogP contribution in [0.3, 0.4) is 0 Å². The number of carbonyl (C=O) groups is 2. The molecular weight excluding hydrogens is 367 g/mol. The predicted octanol–water partition coefficient (Wildman–Crippen LogP) is 3.12. The van der Waals surface area contributed by atoms with Crippen LogP contribution in [0.5, 0.6) is 0 Å². The summed E-state index contributed by atoms with van der Waals surface area (Å²) in [5.41, 5.74) is 1.97. The van der Waals surface area contributed by atoms with Crippen molar-refractivity contribution >= 4 is 28.6 Å². The molecule has 1 aromatic carbocycles. The van der Waals surface area contributed by atoms with Gasteiger partial charge < -0.3 is 5.32 Å². The zero-order valence-electron chi connectivity index (χ0n) is 14.5. The summed E-state index contributed by atoms with van der Waals surface area (Å²) >= 11 is 1.16. The zero-order valence-corrected chi connectivity index (χ0v) is 15.3. The van der Waals surface area contributed by atoms with E-state index in [0.29, 0.717) is 45.6 Å². The minimum Gasteiger partial charge on any atom is -0.311 e. The lowest BCUT2D eigenvalue weighted by Gasteiger charge is -2.38. The molecule has 0 bridgehead atoms. The van der Waals surface area contributed by atoms with Gasteiger partial charge in [0.1, 0.15) is 22.6 Å². The number of ketones is 1. The van der Waals surface area contributed by atoms with Gasteiger partial charge in [-0.2, -0.15) is 5.26 Å². The Kier molecular flexibility index (Phi) is 4.32. The van der Waals surface area contributed by atoms with Gasteiger partial charge in [-0.3, -0.25) is 14.5 Å². The quantitative estimate of drug-likeness (QED) is 0.849. The normalized spacial score (nSPS) is 21.5. The third-order valence-electron chi connectivity index (χ3n) is 4.63. The fraction of sp³-hybridized carbons (Fsp3) is 0.263. The summed E-state index contributed by atoms with van der Waals surface area (Å²) in [5, 5.41) is 12.7. The van der Waals surface area contributed by atoms with Crippen molar-refractivity contribution < 1.29 is 14.0 Å². The van der Waals surface area contributed by atoms with E-state index >= 15 is 0 Å². The van der Waals surface area contributed by atoms with Crippen molar-refractivity contribution in [2.24, 2.45) is 4.99 Å². The number of allylic oxidation sites excluding steroid dienone is 2. The molecule has 1 unspecified atom stereocenters. The van der Waals surface area contributed by atoms with Crippen molar-refractivity contribution in [1.82, 2.24) is 10.2 Å². The number of fused-ring (bicyclic) bond motifs is 1. The number of hydrogen-bond acceptors (Lipinski definition) is 6. The average Bonchev–Trinajstić information content (AvgIpc) is 2.98. The Morgan fingerprint density at radius 2 is 2.11 bits per heavy atom. The molecule has 8 heteroatoms. The van der Waals surface area contributed by atoms with E-state index in [2.05, 4.69) is 16.4 Å². The first kappa shape index (κ1) is 17.5. The molecule has 1 aliphatic carbocycles. The number of benzene rings is 1. The smallest absolute Gasteiger partial charge is 0.222 e. The lowest BCUT2D eigenvalue weighted by molar-refractivity contribution is -0.118. The SMILES string of the molecule is CC(=O)NC1=C(C#N)SC2=NC3=C(C(=O)CCC3)C(c3ccc(F)cc3)N21. The molecule has 0 spiro atoms. The van der Waals surface area contributed by atoms with Crippen LogP contribution >= 0.6 is 11.8 Å². The van der Waals surface area contributed by atoms with Crippen molar-refractivity contribution in [3.63, 3.8) is 0 Å². The van der Waals surface area contributed by atoms with E-state index in [1.165, 1.54) is 19.1 Å². The third kappa shape index (κ3) is 2.94. The van der Waals surface area contributed by atoms with Crippen LogP contribution in [0.15, 0.2) is 51.3 Å². The van der Waals surface area contributed by atoms with Crippen molar-refractivity contribution in [2.45, 2.75) is 32.2 Å². The van der Waals surface area contributed by atoms with Gasteiger partial charge in [0.05, 0.1) is 11.7 Å². The van der Waals surface area contributed by atoms with Crippen molar-refractivity contribution in [3.8, 4) is 6.07 Å². The molecule has 27 heavy (non-hydrogen) atoms. The number of nitrogens with one attached hydrogen (secondary N) is 1. The molecule has 6 nitrogen and oxygen atoms in total. The summed E-state index contributed by atoms with van der Waals surface area (Å²) in [6.07, 6.45) is 1.83. The second kappa shape index (κ2) is 6.67. The largest absolute Gasteiger partial charge is 0.311 e. The van der Waals surface area contributed by atoms with Gasteiger partial charge in [-0.05, 0) is 42.3 Å². The van der Waals surface area contributed by atoms with Crippen molar-refractivity contribution in [3.05, 3.63) is 57.6 Å². The first-order valence-corrected chi connectivity index (χ1v) is 9.30. The number of carbonyl (C=O) groups excluding carboxylic acids is 2. The number of amidine groups is 1. The van der Waals surface area contributed by atoms with E-state index in [9.17, 15) is 19.2 Å². The topological polar surface area (TPSA) is 85.6 Å². The van der Waals surface area contributed by atoms with Gasteiger partial charge in [0.15, 0.2) is 11.0 Å². The van der Waals surface area contributed by atoms with Crippen LogP contribution in [0, 0.1) is 17.1 Å². The first-order valence-electron chi connectivity index (χ1n) is 8.49. The number of aliphatic imine (C=N–C) groups is 1. The minimum atomic E-state index is -0.555. The maximum absolute atomic E-state index is 13.5. The molecule has 0 aromatic heterocycles. The van der Waals surface area contributed by atoms with Gasteiger partial charge in [-0.1, -0.05) is 12.1 Å². The second-order valence-corrected chi connectivity index (χ2v) is 7.41. The van der Waals surface area contributed by atoms with Crippen LogP contribution in [-0.2, 0) is 9.59 Å². The van der Waals surface area contributed by atoms with Crippen LogP contribution in [0.4, 0.5) is 4.39 Å². The zero-order chi connectivity index (χ0) is 19.1. The van der Waals surface area contributed by atoms with Crippen molar-refractivity contribution in [1.29, 1.82) is 5.26 Å². The van der Waals surface area contributed by atoms with Gasteiger partial charge in [0.25, 0.3) is 0 Å². The summed E-state index contributed by atoms with van der Waals surface area (Å²) in [7, 11) is 0. The highest BCUT2D eigenvalue weighted by Gasteiger charge is 2.44. The molecule has 136 valence electrons. The molecule has 2 aliphatic heterocycles. The number of nitriles is 1. The summed E-state index contributed by atoms with van der Waals surface area (Å²) in [6, 6.07) is 7.45. The highest BCUT2D eigenvalue weighted by atomic mass is 32.2. The van der Waals surface area contributed by atoms with E-state index < -0.39 is 6.04 Å².